The van der Waals surface area contributed by atoms with Gasteiger partial charge in [0.15, 0.2) is 0 Å². The Hall–Kier alpha value is -1.13. The van der Waals surface area contributed by atoms with E-state index < -0.39 is 11.7 Å². The topological polar surface area (TPSA) is 3.24 Å². The number of hydrogen-bond acceptors (Lipinski definition) is 1. The second-order valence-corrected chi connectivity index (χ2v) is 6.46. The van der Waals surface area contributed by atoms with E-state index in [1.54, 1.807) is 23.2 Å². The third kappa shape index (κ3) is 2.99. The van der Waals surface area contributed by atoms with Gasteiger partial charge in [0.2, 0.25) is 0 Å². The maximum atomic E-state index is 12.9. The zero-order valence-corrected chi connectivity index (χ0v) is 13.1. The Labute approximate surface area is 137 Å². The number of nitrogens with zero attached hydrogens (tertiary/aromatic N) is 1. The van der Waals surface area contributed by atoms with Crippen molar-refractivity contribution in [2.45, 2.75) is 31.0 Å². The third-order valence-electron chi connectivity index (χ3n) is 4.32. The summed E-state index contributed by atoms with van der Waals surface area (Å²) in [5, 5.41) is 1.14. The first-order chi connectivity index (χ1) is 10.4. The summed E-state index contributed by atoms with van der Waals surface area (Å²) in [5.74, 6) is 0.141. The molecule has 1 aromatic rings. The molecule has 2 atom stereocenters. The molecule has 0 amide bonds. The molecule has 118 valence electrons. The first-order valence-corrected chi connectivity index (χ1v) is 7.77. The normalized spacial score (nSPS) is 25.0. The van der Waals surface area contributed by atoms with Crippen LogP contribution < -0.4 is 0 Å². The molecule has 1 aliphatic heterocycles. The SMILES string of the molecule is FC(F)(F)C1=CC=CN([C@H]2CC[C@H]2c2ccc(Cl)cc2Cl)C1. The lowest BCUT2D eigenvalue weighted by Gasteiger charge is -2.45. The second-order valence-electron chi connectivity index (χ2n) is 5.62. The molecule has 22 heavy (non-hydrogen) atoms. The molecule has 1 aliphatic carbocycles. The number of allylic oxidation sites excluding steroid dienone is 2. The van der Waals surface area contributed by atoms with Crippen molar-refractivity contribution in [2.24, 2.45) is 0 Å². The van der Waals surface area contributed by atoms with Crippen molar-refractivity contribution in [3.8, 4) is 0 Å². The van der Waals surface area contributed by atoms with Gasteiger partial charge in [-0.1, -0.05) is 35.3 Å². The minimum Gasteiger partial charge on any atom is -0.370 e. The number of benzene rings is 1. The molecular formula is C16H14Cl2F3N. The van der Waals surface area contributed by atoms with Crippen molar-refractivity contribution in [2.75, 3.05) is 6.54 Å². The van der Waals surface area contributed by atoms with Gasteiger partial charge in [0, 0.05) is 28.5 Å². The monoisotopic (exact) mass is 347 g/mol. The zero-order chi connectivity index (χ0) is 15.9. The predicted octanol–water partition coefficient (Wildman–Crippen LogP) is 5.56. The number of halogens is 5. The van der Waals surface area contributed by atoms with E-state index in [4.69, 9.17) is 23.2 Å². The van der Waals surface area contributed by atoms with Crippen molar-refractivity contribution in [1.82, 2.24) is 4.90 Å². The fourth-order valence-electron chi connectivity index (χ4n) is 3.03. The van der Waals surface area contributed by atoms with Crippen molar-refractivity contribution in [3.05, 3.63) is 57.7 Å². The molecule has 0 spiro atoms. The fraction of sp³-hybridized carbons (Fsp3) is 0.375. The Morgan fingerprint density at radius 1 is 1.14 bits per heavy atom. The molecular weight excluding hydrogens is 334 g/mol. The van der Waals surface area contributed by atoms with Crippen molar-refractivity contribution >= 4 is 23.2 Å². The van der Waals surface area contributed by atoms with Gasteiger partial charge in [-0.05, 0) is 42.8 Å². The lowest BCUT2D eigenvalue weighted by atomic mass is 9.74. The summed E-state index contributed by atoms with van der Waals surface area (Å²) in [5.41, 5.74) is 0.446. The number of rotatable bonds is 2. The molecule has 0 N–H and O–H groups in total. The van der Waals surface area contributed by atoms with Gasteiger partial charge in [-0.3, -0.25) is 0 Å². The minimum atomic E-state index is -4.28. The first kappa shape index (κ1) is 15.8. The highest BCUT2D eigenvalue weighted by atomic mass is 35.5. The van der Waals surface area contributed by atoms with Gasteiger partial charge in [-0.25, -0.2) is 0 Å². The maximum Gasteiger partial charge on any atom is 0.414 e. The highest BCUT2D eigenvalue weighted by Gasteiger charge is 2.41. The zero-order valence-electron chi connectivity index (χ0n) is 11.6. The fourth-order valence-corrected chi connectivity index (χ4v) is 3.58. The molecule has 1 saturated carbocycles. The van der Waals surface area contributed by atoms with Gasteiger partial charge in [0.05, 0.1) is 5.57 Å². The Kier molecular flexibility index (Phi) is 4.17. The van der Waals surface area contributed by atoms with E-state index in [2.05, 4.69) is 0 Å². The standard InChI is InChI=1S/C16H14Cl2F3N/c17-11-3-4-12(14(18)8-11)13-5-6-15(13)22-7-1-2-10(9-22)16(19,20)21/h1-4,7-8,13,15H,5-6,9H2/t13-,15-/m0/s1. The van der Waals surface area contributed by atoms with Crippen LogP contribution in [0.1, 0.15) is 24.3 Å². The van der Waals surface area contributed by atoms with Crippen molar-refractivity contribution in [3.63, 3.8) is 0 Å². The van der Waals surface area contributed by atoms with E-state index >= 15 is 0 Å². The molecule has 1 aromatic carbocycles. The summed E-state index contributed by atoms with van der Waals surface area (Å²) in [6, 6.07) is 5.36. The molecule has 0 aromatic heterocycles. The van der Waals surface area contributed by atoms with Crippen LogP contribution in [0, 0.1) is 0 Å². The molecule has 0 unspecified atom stereocenters. The van der Waals surface area contributed by atoms with Gasteiger partial charge in [-0.15, -0.1) is 0 Å². The molecule has 6 heteroatoms. The second kappa shape index (κ2) is 5.82. The van der Waals surface area contributed by atoms with Crippen molar-refractivity contribution < 1.29 is 13.2 Å². The molecule has 0 saturated heterocycles. The highest BCUT2D eigenvalue weighted by molar-refractivity contribution is 6.35. The van der Waals surface area contributed by atoms with Crippen LogP contribution in [0.4, 0.5) is 13.2 Å². The van der Waals surface area contributed by atoms with Crippen molar-refractivity contribution in [1.29, 1.82) is 0 Å². The van der Waals surface area contributed by atoms with Crippen LogP contribution in [0.5, 0.6) is 0 Å². The van der Waals surface area contributed by atoms with Gasteiger partial charge >= 0.3 is 6.18 Å². The Balaban J connectivity index is 1.77. The van der Waals surface area contributed by atoms with Gasteiger partial charge < -0.3 is 4.90 Å². The quantitative estimate of drug-likeness (QED) is 0.677. The van der Waals surface area contributed by atoms with Crippen LogP contribution in [0.3, 0.4) is 0 Å². The number of hydrogen-bond donors (Lipinski definition) is 0. The Morgan fingerprint density at radius 3 is 2.50 bits per heavy atom. The summed E-state index contributed by atoms with van der Waals surface area (Å²) in [6.07, 6.45) is 1.83. The van der Waals surface area contributed by atoms with E-state index in [0.29, 0.717) is 10.0 Å². The van der Waals surface area contributed by atoms with Crippen LogP contribution in [0.25, 0.3) is 0 Å². The minimum absolute atomic E-state index is 0.0426. The summed E-state index contributed by atoms with van der Waals surface area (Å²) in [6.45, 7) is -0.105. The smallest absolute Gasteiger partial charge is 0.370 e. The Morgan fingerprint density at radius 2 is 1.91 bits per heavy atom. The average molecular weight is 348 g/mol. The van der Waals surface area contributed by atoms with Gasteiger partial charge in [-0.2, -0.15) is 13.2 Å². The third-order valence-corrected chi connectivity index (χ3v) is 4.88. The van der Waals surface area contributed by atoms with Gasteiger partial charge in [0.25, 0.3) is 0 Å². The lowest BCUT2D eigenvalue weighted by Crippen LogP contribution is -2.45. The van der Waals surface area contributed by atoms with E-state index in [1.807, 2.05) is 6.07 Å². The molecule has 1 fully saturated rings. The molecule has 2 aliphatic rings. The van der Waals surface area contributed by atoms with Crippen LogP contribution in [-0.4, -0.2) is 23.7 Å². The maximum absolute atomic E-state index is 12.9. The number of alkyl halides is 3. The average Bonchev–Trinajstić information content (AvgIpc) is 2.40. The van der Waals surface area contributed by atoms with Crippen LogP contribution in [-0.2, 0) is 0 Å². The van der Waals surface area contributed by atoms with E-state index in [0.717, 1.165) is 24.5 Å². The van der Waals surface area contributed by atoms with Crippen LogP contribution >= 0.6 is 23.2 Å². The summed E-state index contributed by atoms with van der Waals surface area (Å²) < 4.78 is 38.6. The van der Waals surface area contributed by atoms with Gasteiger partial charge in [0.1, 0.15) is 0 Å². The summed E-state index contributed by atoms with van der Waals surface area (Å²) >= 11 is 12.1. The Bertz CT molecular complexity index is 637. The summed E-state index contributed by atoms with van der Waals surface area (Å²) in [7, 11) is 0. The van der Waals surface area contributed by atoms with E-state index in [-0.39, 0.29) is 18.5 Å². The summed E-state index contributed by atoms with van der Waals surface area (Å²) in [4.78, 5) is 1.77. The van der Waals surface area contributed by atoms with Crippen LogP contribution in [0.15, 0.2) is 42.1 Å². The first-order valence-electron chi connectivity index (χ1n) is 7.01. The predicted molar refractivity (Wildman–Crippen MR) is 82.2 cm³/mol. The van der Waals surface area contributed by atoms with E-state index in [1.165, 1.54) is 6.08 Å². The molecule has 1 nitrogen and oxygen atoms in total. The molecule has 0 radical (unpaired) electrons. The molecule has 3 rings (SSSR count). The van der Waals surface area contributed by atoms with Crippen LogP contribution in [0.2, 0.25) is 10.0 Å². The largest absolute Gasteiger partial charge is 0.414 e. The highest BCUT2D eigenvalue weighted by Crippen LogP contribution is 2.44. The van der Waals surface area contributed by atoms with E-state index in [9.17, 15) is 13.2 Å². The molecule has 0 bridgehead atoms. The molecule has 1 heterocycles. The lowest BCUT2D eigenvalue weighted by molar-refractivity contribution is -0.0966.